The molecule has 0 spiro atoms. The molecule has 1 rings (SSSR count). The van der Waals surface area contributed by atoms with E-state index < -0.39 is 11.9 Å². The number of carbonyl (C=O) groups is 2. The lowest BCUT2D eigenvalue weighted by Crippen LogP contribution is -2.52. The summed E-state index contributed by atoms with van der Waals surface area (Å²) in [5.74, 6) is -1.08. The minimum Gasteiger partial charge on any atom is -0.468 e. The van der Waals surface area contributed by atoms with E-state index in [4.69, 9.17) is 0 Å². The van der Waals surface area contributed by atoms with Crippen LogP contribution in [0.2, 0.25) is 0 Å². The Hall–Kier alpha value is -0.900. The number of piperidine rings is 1. The molecular formula is C9H15NO3. The van der Waals surface area contributed by atoms with Gasteiger partial charge in [-0.2, -0.15) is 0 Å². The summed E-state index contributed by atoms with van der Waals surface area (Å²) in [6, 6.07) is 0.0344. The molecule has 3 atom stereocenters. The van der Waals surface area contributed by atoms with Gasteiger partial charge in [0.1, 0.15) is 11.7 Å². The molecule has 3 unspecified atom stereocenters. The van der Waals surface area contributed by atoms with E-state index in [0.29, 0.717) is 6.42 Å². The van der Waals surface area contributed by atoms with Crippen LogP contribution in [0.5, 0.6) is 0 Å². The molecule has 0 bridgehead atoms. The monoisotopic (exact) mass is 185 g/mol. The standard InChI is InChI=1S/C9H15NO3/c1-5-4-7(11)8(6(2)10-5)9(12)13-3/h5-6,8,10H,4H2,1-3H3. The maximum Gasteiger partial charge on any atom is 0.317 e. The average Bonchev–Trinajstić information content (AvgIpc) is 2.02. The normalized spacial score (nSPS) is 34.4. The molecule has 1 N–H and O–H groups in total. The van der Waals surface area contributed by atoms with Gasteiger partial charge in [0.2, 0.25) is 0 Å². The second kappa shape index (κ2) is 3.87. The first kappa shape index (κ1) is 10.2. The van der Waals surface area contributed by atoms with Crippen molar-refractivity contribution in [2.75, 3.05) is 7.11 Å². The summed E-state index contributed by atoms with van der Waals surface area (Å²) in [7, 11) is 1.31. The van der Waals surface area contributed by atoms with E-state index in [1.165, 1.54) is 7.11 Å². The van der Waals surface area contributed by atoms with Crippen LogP contribution < -0.4 is 5.32 Å². The Labute approximate surface area is 77.6 Å². The van der Waals surface area contributed by atoms with Gasteiger partial charge in [0.05, 0.1) is 7.11 Å². The van der Waals surface area contributed by atoms with Gasteiger partial charge in [0, 0.05) is 18.5 Å². The van der Waals surface area contributed by atoms with E-state index in [1.54, 1.807) is 0 Å². The van der Waals surface area contributed by atoms with Crippen molar-refractivity contribution in [3.63, 3.8) is 0 Å². The Morgan fingerprint density at radius 1 is 1.54 bits per heavy atom. The highest BCUT2D eigenvalue weighted by Crippen LogP contribution is 2.17. The molecule has 0 aromatic heterocycles. The third kappa shape index (κ3) is 2.06. The van der Waals surface area contributed by atoms with Crippen molar-refractivity contribution >= 4 is 11.8 Å². The van der Waals surface area contributed by atoms with Gasteiger partial charge in [0.25, 0.3) is 0 Å². The van der Waals surface area contributed by atoms with Crippen molar-refractivity contribution in [1.82, 2.24) is 5.32 Å². The van der Waals surface area contributed by atoms with E-state index in [-0.39, 0.29) is 17.9 Å². The number of hydrogen-bond acceptors (Lipinski definition) is 4. The van der Waals surface area contributed by atoms with Crippen LogP contribution in [0.25, 0.3) is 0 Å². The van der Waals surface area contributed by atoms with Crippen LogP contribution in [0.3, 0.4) is 0 Å². The fourth-order valence-electron chi connectivity index (χ4n) is 1.77. The second-order valence-electron chi connectivity index (χ2n) is 3.53. The number of carbonyl (C=O) groups excluding carboxylic acids is 2. The highest BCUT2D eigenvalue weighted by Gasteiger charge is 2.37. The van der Waals surface area contributed by atoms with Crippen molar-refractivity contribution in [3.8, 4) is 0 Å². The Morgan fingerprint density at radius 3 is 2.62 bits per heavy atom. The molecule has 1 aliphatic rings. The lowest BCUT2D eigenvalue weighted by Gasteiger charge is -2.30. The van der Waals surface area contributed by atoms with Crippen LogP contribution in [-0.4, -0.2) is 30.9 Å². The first-order chi connectivity index (χ1) is 6.06. The molecule has 1 aliphatic heterocycles. The number of nitrogens with one attached hydrogen (secondary N) is 1. The molecule has 0 radical (unpaired) electrons. The number of rotatable bonds is 1. The Morgan fingerprint density at radius 2 is 2.15 bits per heavy atom. The number of esters is 1. The lowest BCUT2D eigenvalue weighted by atomic mass is 9.87. The first-order valence-electron chi connectivity index (χ1n) is 4.43. The largest absolute Gasteiger partial charge is 0.468 e. The van der Waals surface area contributed by atoms with Crippen LogP contribution >= 0.6 is 0 Å². The van der Waals surface area contributed by atoms with Gasteiger partial charge in [0.15, 0.2) is 0 Å². The predicted molar refractivity (Wildman–Crippen MR) is 47.2 cm³/mol. The van der Waals surface area contributed by atoms with Gasteiger partial charge in [-0.1, -0.05) is 0 Å². The average molecular weight is 185 g/mol. The van der Waals surface area contributed by atoms with Crippen LogP contribution in [0.4, 0.5) is 0 Å². The molecule has 1 saturated heterocycles. The molecule has 1 fully saturated rings. The van der Waals surface area contributed by atoms with Crippen LogP contribution in [0.15, 0.2) is 0 Å². The van der Waals surface area contributed by atoms with Crippen LogP contribution in [-0.2, 0) is 14.3 Å². The quantitative estimate of drug-likeness (QED) is 0.465. The first-order valence-corrected chi connectivity index (χ1v) is 4.43. The molecule has 0 aromatic rings. The van der Waals surface area contributed by atoms with Gasteiger partial charge in [-0.05, 0) is 13.8 Å². The summed E-state index contributed by atoms with van der Waals surface area (Å²) < 4.78 is 4.57. The van der Waals surface area contributed by atoms with Crippen LogP contribution in [0.1, 0.15) is 20.3 Å². The minimum absolute atomic E-state index is 0.0226. The van der Waals surface area contributed by atoms with Gasteiger partial charge in [-0.15, -0.1) is 0 Å². The third-order valence-electron chi connectivity index (χ3n) is 2.36. The van der Waals surface area contributed by atoms with Crippen molar-refractivity contribution in [2.45, 2.75) is 32.4 Å². The number of ketones is 1. The molecule has 74 valence electrons. The number of hydrogen-bond donors (Lipinski definition) is 1. The van der Waals surface area contributed by atoms with Crippen molar-refractivity contribution in [1.29, 1.82) is 0 Å². The summed E-state index contributed by atoms with van der Waals surface area (Å²) in [6.07, 6.45) is 0.407. The van der Waals surface area contributed by atoms with Crippen molar-refractivity contribution < 1.29 is 14.3 Å². The summed E-state index contributed by atoms with van der Waals surface area (Å²) >= 11 is 0. The van der Waals surface area contributed by atoms with E-state index in [1.807, 2.05) is 13.8 Å². The number of ether oxygens (including phenoxy) is 1. The number of methoxy groups -OCH3 is 1. The third-order valence-corrected chi connectivity index (χ3v) is 2.36. The van der Waals surface area contributed by atoms with Gasteiger partial charge in [-0.25, -0.2) is 0 Å². The maximum atomic E-state index is 11.5. The molecule has 4 nitrogen and oxygen atoms in total. The summed E-state index contributed by atoms with van der Waals surface area (Å²) in [4.78, 5) is 22.7. The zero-order chi connectivity index (χ0) is 10.0. The van der Waals surface area contributed by atoms with Gasteiger partial charge >= 0.3 is 5.97 Å². The van der Waals surface area contributed by atoms with Crippen molar-refractivity contribution in [3.05, 3.63) is 0 Å². The molecule has 0 aromatic carbocycles. The zero-order valence-corrected chi connectivity index (χ0v) is 8.16. The lowest BCUT2D eigenvalue weighted by molar-refractivity contribution is -0.151. The highest BCUT2D eigenvalue weighted by atomic mass is 16.5. The molecule has 0 amide bonds. The fraction of sp³-hybridized carbons (Fsp3) is 0.778. The molecule has 1 heterocycles. The Balaban J connectivity index is 2.72. The molecule has 4 heteroatoms. The summed E-state index contributed by atoms with van der Waals surface area (Å²) in [5.41, 5.74) is 0. The van der Waals surface area contributed by atoms with Gasteiger partial charge < -0.3 is 10.1 Å². The van der Waals surface area contributed by atoms with Gasteiger partial charge in [-0.3, -0.25) is 9.59 Å². The molecular weight excluding hydrogens is 170 g/mol. The maximum absolute atomic E-state index is 11.5. The smallest absolute Gasteiger partial charge is 0.317 e. The topological polar surface area (TPSA) is 55.4 Å². The minimum atomic E-state index is -0.624. The Kier molecular flexibility index (Phi) is 3.03. The van der Waals surface area contributed by atoms with Crippen molar-refractivity contribution in [2.24, 2.45) is 5.92 Å². The Bertz CT molecular complexity index is 227. The second-order valence-corrected chi connectivity index (χ2v) is 3.53. The fourth-order valence-corrected chi connectivity index (χ4v) is 1.77. The van der Waals surface area contributed by atoms with E-state index in [2.05, 4.69) is 10.1 Å². The van der Waals surface area contributed by atoms with Crippen LogP contribution in [0, 0.1) is 5.92 Å². The highest BCUT2D eigenvalue weighted by molar-refractivity contribution is 6.00. The molecule has 0 saturated carbocycles. The van der Waals surface area contributed by atoms with E-state index >= 15 is 0 Å². The summed E-state index contributed by atoms with van der Waals surface area (Å²) in [5, 5.41) is 3.15. The summed E-state index contributed by atoms with van der Waals surface area (Å²) in [6.45, 7) is 3.76. The van der Waals surface area contributed by atoms with E-state index in [9.17, 15) is 9.59 Å². The SMILES string of the molecule is COC(=O)C1C(=O)CC(C)NC1C. The predicted octanol–water partition coefficient (Wildman–Crippen LogP) is 0.115. The van der Waals surface area contributed by atoms with E-state index in [0.717, 1.165) is 0 Å². The zero-order valence-electron chi connectivity index (χ0n) is 8.16. The molecule has 13 heavy (non-hydrogen) atoms. The molecule has 0 aliphatic carbocycles. The number of Topliss-reactive ketones (excluding diaryl/α,β-unsaturated/α-hetero) is 1.